The highest BCUT2D eigenvalue weighted by molar-refractivity contribution is 6.04. The van der Waals surface area contributed by atoms with E-state index in [2.05, 4.69) is 20.9 Å². The van der Waals surface area contributed by atoms with Gasteiger partial charge in [0.25, 0.3) is 5.91 Å². The Balaban J connectivity index is 0.00000210. The van der Waals surface area contributed by atoms with E-state index in [0.29, 0.717) is 17.0 Å². The van der Waals surface area contributed by atoms with Crippen molar-refractivity contribution in [3.8, 4) is 0 Å². The number of aromatic nitrogens is 3. The molecule has 0 atom stereocenters. The normalized spacial score (nSPS) is 14.7. The van der Waals surface area contributed by atoms with Crippen molar-refractivity contribution >= 4 is 35.0 Å². The molecule has 1 saturated heterocycles. The molecule has 1 amide bonds. The van der Waals surface area contributed by atoms with Crippen LogP contribution >= 0.6 is 12.4 Å². The van der Waals surface area contributed by atoms with Gasteiger partial charge in [0.15, 0.2) is 5.69 Å². The summed E-state index contributed by atoms with van der Waals surface area (Å²) in [4.78, 5) is 23.9. The molecule has 8 nitrogen and oxygen atoms in total. The fourth-order valence-electron chi connectivity index (χ4n) is 3.29. The van der Waals surface area contributed by atoms with Gasteiger partial charge in [-0.05, 0) is 57.1 Å². The SMILES string of the molecule is Cc1c(C(=O)Nc2ccc3oc(=O)ccc3c2)nnn1C1CCNCC1.Cl. The monoisotopic (exact) mass is 389 g/mol. The molecular weight excluding hydrogens is 370 g/mol. The Labute approximate surface area is 161 Å². The van der Waals surface area contributed by atoms with Crippen LogP contribution in [0.3, 0.4) is 0 Å². The van der Waals surface area contributed by atoms with Crippen LogP contribution in [0, 0.1) is 6.92 Å². The largest absolute Gasteiger partial charge is 0.423 e. The predicted octanol–water partition coefficient (Wildman–Crippen LogP) is 2.29. The third kappa shape index (κ3) is 3.86. The maximum absolute atomic E-state index is 12.6. The van der Waals surface area contributed by atoms with Crippen LogP contribution in [0.4, 0.5) is 5.69 Å². The van der Waals surface area contributed by atoms with Crippen LogP contribution < -0.4 is 16.3 Å². The van der Waals surface area contributed by atoms with E-state index >= 15 is 0 Å². The molecule has 0 saturated carbocycles. The molecule has 1 aromatic carbocycles. The number of piperidine rings is 1. The molecule has 0 radical (unpaired) electrons. The summed E-state index contributed by atoms with van der Waals surface area (Å²) in [5.74, 6) is -0.306. The average molecular weight is 390 g/mol. The molecule has 4 rings (SSSR count). The lowest BCUT2D eigenvalue weighted by molar-refractivity contribution is 0.102. The number of nitrogens with one attached hydrogen (secondary N) is 2. The number of benzene rings is 1. The standard InChI is InChI=1S/C18H19N5O3.ClH/c1-11-17(21-22-23(11)14-6-8-19-9-7-14)18(25)20-13-3-4-15-12(10-13)2-5-16(24)26-15;/h2-5,10,14,19H,6-9H2,1H3,(H,20,25);1H. The topological polar surface area (TPSA) is 102 Å². The highest BCUT2D eigenvalue weighted by Gasteiger charge is 2.23. The minimum Gasteiger partial charge on any atom is -0.423 e. The lowest BCUT2D eigenvalue weighted by Crippen LogP contribution is -2.30. The number of hydrogen-bond acceptors (Lipinski definition) is 6. The average Bonchev–Trinajstić information content (AvgIpc) is 3.04. The van der Waals surface area contributed by atoms with Gasteiger partial charge >= 0.3 is 5.63 Å². The molecule has 1 aliphatic rings. The van der Waals surface area contributed by atoms with Crippen LogP contribution in [0.25, 0.3) is 11.0 Å². The Hall–Kier alpha value is -2.71. The number of rotatable bonds is 3. The molecule has 0 unspecified atom stereocenters. The van der Waals surface area contributed by atoms with Crippen molar-refractivity contribution < 1.29 is 9.21 Å². The second-order valence-electron chi connectivity index (χ2n) is 6.41. The smallest absolute Gasteiger partial charge is 0.336 e. The van der Waals surface area contributed by atoms with Crippen LogP contribution in [0.15, 0.2) is 39.5 Å². The quantitative estimate of drug-likeness (QED) is 0.666. The minimum absolute atomic E-state index is 0. The van der Waals surface area contributed by atoms with E-state index in [4.69, 9.17) is 4.42 Å². The Kier molecular flexibility index (Phi) is 5.57. The highest BCUT2D eigenvalue weighted by Crippen LogP contribution is 2.22. The van der Waals surface area contributed by atoms with E-state index in [9.17, 15) is 9.59 Å². The molecule has 2 aromatic heterocycles. The number of carbonyl (C=O) groups is 1. The Bertz CT molecular complexity index is 1020. The summed E-state index contributed by atoms with van der Waals surface area (Å²) in [6.07, 6.45) is 1.95. The van der Waals surface area contributed by atoms with Gasteiger partial charge in [0, 0.05) is 17.1 Å². The van der Waals surface area contributed by atoms with Gasteiger partial charge in [0.1, 0.15) is 5.58 Å². The molecule has 9 heteroatoms. The lowest BCUT2D eigenvalue weighted by atomic mass is 10.1. The zero-order chi connectivity index (χ0) is 18.1. The summed E-state index contributed by atoms with van der Waals surface area (Å²) in [5.41, 5.74) is 1.76. The van der Waals surface area contributed by atoms with Gasteiger partial charge in [-0.15, -0.1) is 17.5 Å². The van der Waals surface area contributed by atoms with Crippen molar-refractivity contribution in [1.29, 1.82) is 0 Å². The van der Waals surface area contributed by atoms with Crippen LogP contribution in [-0.4, -0.2) is 34.0 Å². The first kappa shape index (κ1) is 19.1. The molecule has 27 heavy (non-hydrogen) atoms. The fourth-order valence-corrected chi connectivity index (χ4v) is 3.29. The van der Waals surface area contributed by atoms with E-state index in [1.54, 1.807) is 24.3 Å². The van der Waals surface area contributed by atoms with E-state index in [-0.39, 0.29) is 24.4 Å². The number of carbonyl (C=O) groups excluding carboxylic acids is 1. The third-order valence-corrected chi connectivity index (χ3v) is 4.67. The van der Waals surface area contributed by atoms with Crippen molar-refractivity contribution in [1.82, 2.24) is 20.3 Å². The van der Waals surface area contributed by atoms with E-state index in [0.717, 1.165) is 37.0 Å². The fraction of sp³-hybridized carbons (Fsp3) is 0.333. The summed E-state index contributed by atoms with van der Waals surface area (Å²) in [6.45, 7) is 3.75. The summed E-state index contributed by atoms with van der Waals surface area (Å²) >= 11 is 0. The number of amides is 1. The Morgan fingerprint density at radius 1 is 1.26 bits per heavy atom. The maximum Gasteiger partial charge on any atom is 0.336 e. The van der Waals surface area contributed by atoms with Gasteiger partial charge in [0.05, 0.1) is 11.7 Å². The van der Waals surface area contributed by atoms with E-state index in [1.807, 2.05) is 11.6 Å². The molecule has 1 aliphatic heterocycles. The lowest BCUT2D eigenvalue weighted by Gasteiger charge is -2.23. The van der Waals surface area contributed by atoms with Gasteiger partial charge in [-0.25, -0.2) is 9.48 Å². The van der Waals surface area contributed by atoms with Crippen molar-refractivity contribution in [2.24, 2.45) is 0 Å². The maximum atomic E-state index is 12.6. The molecule has 0 bridgehead atoms. The summed E-state index contributed by atoms with van der Waals surface area (Å²) in [5, 5.41) is 15.2. The first-order valence-corrected chi connectivity index (χ1v) is 8.59. The van der Waals surface area contributed by atoms with Gasteiger partial charge < -0.3 is 15.1 Å². The Morgan fingerprint density at radius 3 is 2.81 bits per heavy atom. The molecule has 0 aliphatic carbocycles. The van der Waals surface area contributed by atoms with Crippen LogP contribution in [0.1, 0.15) is 35.1 Å². The first-order valence-electron chi connectivity index (χ1n) is 8.59. The number of anilines is 1. The number of halogens is 1. The van der Waals surface area contributed by atoms with E-state index in [1.165, 1.54) is 6.07 Å². The summed E-state index contributed by atoms with van der Waals surface area (Å²) < 4.78 is 6.95. The number of nitrogens with zero attached hydrogens (tertiary/aromatic N) is 3. The van der Waals surface area contributed by atoms with Crippen LogP contribution in [-0.2, 0) is 0 Å². The molecule has 3 heterocycles. The van der Waals surface area contributed by atoms with Gasteiger partial charge in [0.2, 0.25) is 0 Å². The van der Waals surface area contributed by atoms with Crippen LogP contribution in [0.2, 0.25) is 0 Å². The number of fused-ring (bicyclic) bond motifs is 1. The summed E-state index contributed by atoms with van der Waals surface area (Å²) in [7, 11) is 0. The molecule has 2 N–H and O–H groups in total. The second kappa shape index (κ2) is 7.89. The van der Waals surface area contributed by atoms with Crippen molar-refractivity contribution in [3.05, 3.63) is 52.1 Å². The molecule has 0 spiro atoms. The molecular formula is C18H20ClN5O3. The van der Waals surface area contributed by atoms with Gasteiger partial charge in [-0.1, -0.05) is 5.21 Å². The Morgan fingerprint density at radius 2 is 2.04 bits per heavy atom. The number of hydrogen-bond donors (Lipinski definition) is 2. The van der Waals surface area contributed by atoms with Crippen molar-refractivity contribution in [3.63, 3.8) is 0 Å². The van der Waals surface area contributed by atoms with Crippen LogP contribution in [0.5, 0.6) is 0 Å². The van der Waals surface area contributed by atoms with Gasteiger partial charge in [-0.3, -0.25) is 4.79 Å². The second-order valence-corrected chi connectivity index (χ2v) is 6.41. The zero-order valence-electron chi connectivity index (χ0n) is 14.8. The third-order valence-electron chi connectivity index (χ3n) is 4.67. The van der Waals surface area contributed by atoms with Crippen molar-refractivity contribution in [2.45, 2.75) is 25.8 Å². The zero-order valence-corrected chi connectivity index (χ0v) is 15.6. The highest BCUT2D eigenvalue weighted by atomic mass is 35.5. The molecule has 1 fully saturated rings. The predicted molar refractivity (Wildman–Crippen MR) is 104 cm³/mol. The van der Waals surface area contributed by atoms with Crippen molar-refractivity contribution in [2.75, 3.05) is 18.4 Å². The summed E-state index contributed by atoms with van der Waals surface area (Å²) in [6, 6.07) is 8.38. The molecule has 142 valence electrons. The first-order chi connectivity index (χ1) is 12.6. The molecule has 3 aromatic rings. The van der Waals surface area contributed by atoms with E-state index < -0.39 is 5.63 Å². The van der Waals surface area contributed by atoms with Gasteiger partial charge in [-0.2, -0.15) is 0 Å². The minimum atomic E-state index is -0.403.